The number of ether oxygens (including phenoxy) is 2. The fourth-order valence-corrected chi connectivity index (χ4v) is 2.70. The molecule has 0 bridgehead atoms. The highest BCUT2D eigenvalue weighted by atomic mass is 19.1. The van der Waals surface area contributed by atoms with Crippen molar-refractivity contribution in [3.63, 3.8) is 0 Å². The van der Waals surface area contributed by atoms with Gasteiger partial charge < -0.3 is 20.1 Å². The summed E-state index contributed by atoms with van der Waals surface area (Å²) < 4.78 is 24.7. The minimum atomic E-state index is -0.413. The number of hydrogen-bond donors (Lipinski definition) is 2. The molecule has 31 heavy (non-hydrogen) atoms. The van der Waals surface area contributed by atoms with E-state index in [2.05, 4.69) is 25.6 Å². The molecule has 1 saturated heterocycles. The molecule has 1 aliphatic rings. The van der Waals surface area contributed by atoms with Crippen LogP contribution in [0.2, 0.25) is 0 Å². The molecule has 0 aromatic heterocycles. The summed E-state index contributed by atoms with van der Waals surface area (Å²) in [5, 5.41) is 6.02. The van der Waals surface area contributed by atoms with E-state index in [0.717, 1.165) is 12.8 Å². The highest BCUT2D eigenvalue weighted by Gasteiger charge is 2.17. The Bertz CT molecular complexity index is 859. The smallest absolute Gasteiger partial charge is 0.265 e. The molecule has 1 fully saturated rings. The SMILES string of the molecule is C/C=N/C=N\C(=C\N=C(/C)C(=O)NC1CCOCC1)Nc1ccc(F)cc1OC(C)C. The van der Waals surface area contributed by atoms with Crippen LogP contribution < -0.4 is 15.4 Å². The molecule has 0 atom stereocenters. The van der Waals surface area contributed by atoms with Gasteiger partial charge in [-0.3, -0.25) is 9.79 Å². The van der Waals surface area contributed by atoms with E-state index in [1.807, 2.05) is 13.8 Å². The van der Waals surface area contributed by atoms with Crippen LogP contribution in [-0.2, 0) is 9.53 Å². The van der Waals surface area contributed by atoms with Gasteiger partial charge in [0.25, 0.3) is 5.91 Å². The lowest BCUT2D eigenvalue weighted by molar-refractivity contribution is -0.116. The highest BCUT2D eigenvalue weighted by Crippen LogP contribution is 2.28. The van der Waals surface area contributed by atoms with Crippen molar-refractivity contribution in [2.75, 3.05) is 18.5 Å². The number of nitrogens with zero attached hydrogens (tertiary/aromatic N) is 3. The van der Waals surface area contributed by atoms with Gasteiger partial charge in [0.1, 0.15) is 23.6 Å². The van der Waals surface area contributed by atoms with Crippen molar-refractivity contribution in [1.82, 2.24) is 5.32 Å². The quantitative estimate of drug-likeness (QED) is 0.460. The van der Waals surface area contributed by atoms with Crippen molar-refractivity contribution >= 4 is 29.9 Å². The Morgan fingerprint density at radius 2 is 2.06 bits per heavy atom. The molecule has 1 amide bonds. The molecule has 0 saturated carbocycles. The van der Waals surface area contributed by atoms with E-state index in [1.54, 1.807) is 26.1 Å². The van der Waals surface area contributed by atoms with Gasteiger partial charge in [0.2, 0.25) is 0 Å². The van der Waals surface area contributed by atoms with Crippen molar-refractivity contribution in [3.05, 3.63) is 36.0 Å². The third-order valence-corrected chi connectivity index (χ3v) is 4.25. The molecule has 2 N–H and O–H groups in total. The molecule has 1 heterocycles. The van der Waals surface area contributed by atoms with E-state index < -0.39 is 5.82 Å². The van der Waals surface area contributed by atoms with Crippen LogP contribution in [0.1, 0.15) is 40.5 Å². The lowest BCUT2D eigenvalue weighted by Gasteiger charge is -2.22. The summed E-state index contributed by atoms with van der Waals surface area (Å²) in [6, 6.07) is 4.24. The molecule has 0 unspecified atom stereocenters. The molecule has 0 spiro atoms. The highest BCUT2D eigenvalue weighted by molar-refractivity contribution is 6.38. The number of carbonyl (C=O) groups excluding carboxylic acids is 1. The maximum absolute atomic E-state index is 13.7. The van der Waals surface area contributed by atoms with E-state index in [4.69, 9.17) is 9.47 Å². The van der Waals surface area contributed by atoms with Gasteiger partial charge in [0.15, 0.2) is 5.82 Å². The zero-order valence-electron chi connectivity index (χ0n) is 18.4. The number of nitrogens with one attached hydrogen (secondary N) is 2. The lowest BCUT2D eigenvalue weighted by atomic mass is 10.1. The first kappa shape index (κ1) is 24.2. The van der Waals surface area contributed by atoms with Crippen LogP contribution in [0.4, 0.5) is 10.1 Å². The average molecular weight is 432 g/mol. The summed E-state index contributed by atoms with van der Waals surface area (Å²) >= 11 is 0. The van der Waals surface area contributed by atoms with E-state index in [1.165, 1.54) is 24.7 Å². The van der Waals surface area contributed by atoms with Crippen LogP contribution in [0.25, 0.3) is 0 Å². The van der Waals surface area contributed by atoms with E-state index in [0.29, 0.717) is 30.5 Å². The molecule has 0 aliphatic carbocycles. The Labute approximate surface area is 182 Å². The molecule has 1 aromatic carbocycles. The first-order valence-corrected chi connectivity index (χ1v) is 10.3. The van der Waals surface area contributed by atoms with Crippen molar-refractivity contribution in [2.24, 2.45) is 15.0 Å². The van der Waals surface area contributed by atoms with E-state index in [9.17, 15) is 9.18 Å². The largest absolute Gasteiger partial charge is 0.489 e. The molecular weight excluding hydrogens is 401 g/mol. The second-order valence-electron chi connectivity index (χ2n) is 7.17. The third kappa shape index (κ3) is 8.67. The number of benzene rings is 1. The first-order valence-electron chi connectivity index (χ1n) is 10.3. The van der Waals surface area contributed by atoms with Crippen LogP contribution in [-0.4, -0.2) is 49.5 Å². The monoisotopic (exact) mass is 431 g/mol. The van der Waals surface area contributed by atoms with Gasteiger partial charge in [-0.05, 0) is 52.7 Å². The molecule has 1 aliphatic heterocycles. The topological polar surface area (TPSA) is 96.7 Å². The molecule has 2 rings (SSSR count). The molecule has 1 aromatic rings. The van der Waals surface area contributed by atoms with Crippen molar-refractivity contribution in [3.8, 4) is 5.75 Å². The summed E-state index contributed by atoms with van der Waals surface area (Å²) in [6.07, 6.45) is 5.77. The summed E-state index contributed by atoms with van der Waals surface area (Å²) in [6.45, 7) is 8.37. The Hall–Kier alpha value is -3.07. The third-order valence-electron chi connectivity index (χ3n) is 4.25. The van der Waals surface area contributed by atoms with Gasteiger partial charge in [0, 0.05) is 31.5 Å². The zero-order valence-corrected chi connectivity index (χ0v) is 18.4. The Kier molecular flexibility index (Phi) is 9.83. The van der Waals surface area contributed by atoms with Gasteiger partial charge >= 0.3 is 0 Å². The van der Waals surface area contributed by atoms with Crippen LogP contribution in [0.15, 0.2) is 45.2 Å². The van der Waals surface area contributed by atoms with Crippen LogP contribution in [0, 0.1) is 5.82 Å². The number of amides is 1. The summed E-state index contributed by atoms with van der Waals surface area (Å²) in [5.41, 5.74) is 0.802. The Morgan fingerprint density at radius 3 is 2.74 bits per heavy atom. The molecule has 0 radical (unpaired) electrons. The normalized spacial score (nSPS) is 16.3. The maximum atomic E-state index is 13.7. The minimum Gasteiger partial charge on any atom is -0.489 e. The van der Waals surface area contributed by atoms with Crippen LogP contribution in [0.3, 0.4) is 0 Å². The van der Waals surface area contributed by atoms with Crippen molar-refractivity contribution in [1.29, 1.82) is 0 Å². The molecule has 168 valence electrons. The fraction of sp³-hybridized carbons (Fsp3) is 0.455. The predicted molar refractivity (Wildman–Crippen MR) is 122 cm³/mol. The first-order chi connectivity index (χ1) is 14.9. The van der Waals surface area contributed by atoms with Crippen molar-refractivity contribution < 1.29 is 18.7 Å². The molecular formula is C22H30FN5O3. The second-order valence-corrected chi connectivity index (χ2v) is 7.17. The van der Waals surface area contributed by atoms with E-state index >= 15 is 0 Å². The number of anilines is 1. The van der Waals surface area contributed by atoms with Crippen molar-refractivity contribution in [2.45, 2.75) is 52.7 Å². The molecule has 8 nitrogen and oxygen atoms in total. The van der Waals surface area contributed by atoms with Gasteiger partial charge in [-0.15, -0.1) is 0 Å². The minimum absolute atomic E-state index is 0.0832. The maximum Gasteiger partial charge on any atom is 0.265 e. The average Bonchev–Trinajstić information content (AvgIpc) is 2.73. The van der Waals surface area contributed by atoms with E-state index in [-0.39, 0.29) is 23.8 Å². The predicted octanol–water partition coefficient (Wildman–Crippen LogP) is 3.70. The van der Waals surface area contributed by atoms with Gasteiger partial charge in [-0.25, -0.2) is 14.4 Å². The van der Waals surface area contributed by atoms with Gasteiger partial charge in [0.05, 0.1) is 18.0 Å². The Balaban J connectivity index is 2.20. The molecule has 9 heteroatoms. The number of aliphatic imine (C=N–C) groups is 3. The standard InChI is InChI=1S/C22H30FN5O3/c1-5-24-14-26-21(28-19-7-6-17(23)12-20(19)31-15(2)3)13-25-16(4)22(29)27-18-8-10-30-11-9-18/h5-7,12-15,18,28H,8-11H2,1-4H3,(H,27,29)/b21-13-,24-5+,25-16+,26-14-. The number of rotatable bonds is 9. The fourth-order valence-electron chi connectivity index (χ4n) is 2.70. The van der Waals surface area contributed by atoms with Crippen LogP contribution >= 0.6 is 0 Å². The lowest BCUT2D eigenvalue weighted by Crippen LogP contribution is -2.41. The number of hydrogen-bond acceptors (Lipinski definition) is 6. The Morgan fingerprint density at radius 1 is 1.32 bits per heavy atom. The summed E-state index contributed by atoms with van der Waals surface area (Å²) in [7, 11) is 0. The van der Waals surface area contributed by atoms with Crippen LogP contribution in [0.5, 0.6) is 5.75 Å². The second kappa shape index (κ2) is 12.6. The number of halogens is 1. The summed E-state index contributed by atoms with van der Waals surface area (Å²) in [4.78, 5) is 24.8. The van der Waals surface area contributed by atoms with Gasteiger partial charge in [-0.2, -0.15) is 0 Å². The summed E-state index contributed by atoms with van der Waals surface area (Å²) in [5.74, 6) is -0.00906. The zero-order chi connectivity index (χ0) is 22.6. The number of carbonyl (C=O) groups is 1. The van der Waals surface area contributed by atoms with Gasteiger partial charge in [-0.1, -0.05) is 0 Å².